The van der Waals surface area contributed by atoms with Gasteiger partial charge in [-0.05, 0) is 7.05 Å². The fourth-order valence-corrected chi connectivity index (χ4v) is 0. The van der Waals surface area contributed by atoms with Crippen LogP contribution in [0, 0.1) is 0 Å². The van der Waals surface area contributed by atoms with E-state index in [9.17, 15) is 4.57 Å². The molecular formula is CH9ClN3OP. The lowest BCUT2D eigenvalue weighted by atomic mass is 11.6. The molecule has 0 aromatic heterocycles. The molecule has 0 aliphatic carbocycles. The Morgan fingerprint density at radius 2 is 1.71 bits per heavy atom. The maximum atomic E-state index is 10.0. The van der Waals surface area contributed by atoms with Gasteiger partial charge in [0.05, 0.1) is 0 Å². The van der Waals surface area contributed by atoms with Crippen molar-refractivity contribution in [3.8, 4) is 0 Å². The molecule has 0 saturated heterocycles. The van der Waals surface area contributed by atoms with Crippen LogP contribution in [-0.2, 0) is 4.57 Å². The normalized spacial score (nSPS) is 10.1. The molecule has 0 spiro atoms. The zero-order valence-corrected chi connectivity index (χ0v) is 5.63. The number of nitrogens with two attached hydrogens (primary N) is 2. The van der Waals surface area contributed by atoms with Gasteiger partial charge in [0, 0.05) is 0 Å². The predicted molar refractivity (Wildman–Crippen MR) is 32.3 cm³/mol. The summed E-state index contributed by atoms with van der Waals surface area (Å²) in [6, 6.07) is 0. The highest BCUT2D eigenvalue weighted by Crippen LogP contribution is 2.13. The third-order valence-electron chi connectivity index (χ3n) is 0.349. The van der Waals surface area contributed by atoms with Crippen molar-refractivity contribution < 1.29 is 4.57 Å². The molecule has 0 amide bonds. The van der Waals surface area contributed by atoms with E-state index >= 15 is 0 Å². The van der Waals surface area contributed by atoms with E-state index < -0.39 is 7.59 Å². The van der Waals surface area contributed by atoms with E-state index in [4.69, 9.17) is 11.0 Å². The minimum absolute atomic E-state index is 0. The summed E-state index contributed by atoms with van der Waals surface area (Å²) in [5.74, 6) is 0. The SMILES string of the molecule is CNP(N)(N)=O.Cl. The van der Waals surface area contributed by atoms with Gasteiger partial charge in [0.1, 0.15) is 0 Å². The summed E-state index contributed by atoms with van der Waals surface area (Å²) in [5, 5.41) is 2.22. The number of rotatable bonds is 1. The third kappa shape index (κ3) is 10.7. The van der Waals surface area contributed by atoms with Gasteiger partial charge in [0.15, 0.2) is 0 Å². The Morgan fingerprint density at radius 3 is 1.71 bits per heavy atom. The van der Waals surface area contributed by atoms with Crippen molar-refractivity contribution in [3.05, 3.63) is 0 Å². The highest BCUT2D eigenvalue weighted by atomic mass is 35.5. The lowest BCUT2D eigenvalue weighted by Crippen LogP contribution is -2.17. The van der Waals surface area contributed by atoms with Crippen molar-refractivity contribution in [2.45, 2.75) is 0 Å². The smallest absolute Gasteiger partial charge is 0.271 e. The van der Waals surface area contributed by atoms with Crippen LogP contribution in [0.15, 0.2) is 0 Å². The van der Waals surface area contributed by atoms with Crippen LogP contribution in [0.25, 0.3) is 0 Å². The van der Waals surface area contributed by atoms with E-state index in [1.807, 2.05) is 0 Å². The van der Waals surface area contributed by atoms with E-state index in [1.165, 1.54) is 7.05 Å². The van der Waals surface area contributed by atoms with Crippen LogP contribution in [0.1, 0.15) is 0 Å². The quantitative estimate of drug-likeness (QED) is 0.441. The molecule has 5 N–H and O–H groups in total. The molecule has 0 fully saturated rings. The van der Waals surface area contributed by atoms with Crippen LogP contribution >= 0.6 is 20.0 Å². The van der Waals surface area contributed by atoms with Crippen molar-refractivity contribution in [1.82, 2.24) is 5.09 Å². The van der Waals surface area contributed by atoms with Crippen LogP contribution in [0.2, 0.25) is 0 Å². The minimum atomic E-state index is -2.90. The first-order chi connectivity index (χ1) is 2.56. The molecule has 6 heteroatoms. The predicted octanol–water partition coefficient (Wildman–Crippen LogP) is -0.347. The second-order valence-electron chi connectivity index (χ2n) is 0.933. The van der Waals surface area contributed by atoms with Gasteiger partial charge < -0.3 is 0 Å². The van der Waals surface area contributed by atoms with Crippen molar-refractivity contribution in [2.24, 2.45) is 11.0 Å². The van der Waals surface area contributed by atoms with E-state index in [-0.39, 0.29) is 12.4 Å². The number of halogens is 1. The molecule has 0 rings (SSSR count). The van der Waals surface area contributed by atoms with Crippen LogP contribution in [0.3, 0.4) is 0 Å². The molecule has 0 saturated carbocycles. The summed E-state index contributed by atoms with van der Waals surface area (Å²) in [4.78, 5) is 0. The standard InChI is InChI=1S/CH8N3OP.ClH/c1-4-6(2,3)5;/h1H3,(H5,2,3,4,5);1H. The van der Waals surface area contributed by atoms with E-state index in [2.05, 4.69) is 5.09 Å². The van der Waals surface area contributed by atoms with Gasteiger partial charge in [-0.15, -0.1) is 12.4 Å². The Balaban J connectivity index is 0. The van der Waals surface area contributed by atoms with Gasteiger partial charge in [0.25, 0.3) is 7.59 Å². The molecule has 0 aromatic carbocycles. The number of hydrogen-bond donors (Lipinski definition) is 3. The first-order valence-electron chi connectivity index (χ1n) is 1.42. The Labute approximate surface area is 48.6 Å². The van der Waals surface area contributed by atoms with Gasteiger partial charge in [-0.25, -0.2) is 5.09 Å². The molecule has 0 radical (unpaired) electrons. The van der Waals surface area contributed by atoms with E-state index in [0.29, 0.717) is 0 Å². The first-order valence-corrected chi connectivity index (χ1v) is 3.27. The number of nitrogens with one attached hydrogen (secondary N) is 1. The largest absolute Gasteiger partial charge is 0.273 e. The zero-order chi connectivity index (χ0) is 5.21. The Morgan fingerprint density at radius 1 is 1.57 bits per heavy atom. The second kappa shape index (κ2) is 3.41. The van der Waals surface area contributed by atoms with E-state index in [1.54, 1.807) is 0 Å². The molecule has 0 unspecified atom stereocenters. The summed E-state index contributed by atoms with van der Waals surface area (Å²) in [7, 11) is -1.45. The van der Waals surface area contributed by atoms with Crippen molar-refractivity contribution in [1.29, 1.82) is 0 Å². The molecule has 0 bridgehead atoms. The molecule has 0 heterocycles. The molecule has 4 nitrogen and oxygen atoms in total. The zero-order valence-electron chi connectivity index (χ0n) is 3.92. The van der Waals surface area contributed by atoms with Gasteiger partial charge in [-0.1, -0.05) is 0 Å². The van der Waals surface area contributed by atoms with Crippen molar-refractivity contribution >= 4 is 20.0 Å². The summed E-state index contributed by atoms with van der Waals surface area (Å²) >= 11 is 0. The van der Waals surface area contributed by atoms with Gasteiger partial charge >= 0.3 is 0 Å². The highest BCUT2D eigenvalue weighted by molar-refractivity contribution is 7.56. The molecule has 0 aliphatic heterocycles. The molecule has 0 atom stereocenters. The molecule has 46 valence electrons. The van der Waals surface area contributed by atoms with Gasteiger partial charge in [-0.2, -0.15) is 0 Å². The second-order valence-corrected chi connectivity index (χ2v) is 2.80. The molecular weight excluding hydrogens is 136 g/mol. The van der Waals surface area contributed by atoms with Crippen LogP contribution in [0.4, 0.5) is 0 Å². The van der Waals surface area contributed by atoms with E-state index in [0.717, 1.165) is 0 Å². The average Bonchev–Trinajstić information content (AvgIpc) is 1.35. The van der Waals surface area contributed by atoms with Gasteiger partial charge in [-0.3, -0.25) is 15.6 Å². The van der Waals surface area contributed by atoms with Crippen LogP contribution in [0.5, 0.6) is 0 Å². The van der Waals surface area contributed by atoms with Crippen LogP contribution in [-0.4, -0.2) is 7.05 Å². The van der Waals surface area contributed by atoms with Crippen molar-refractivity contribution in [3.63, 3.8) is 0 Å². The third-order valence-corrected chi connectivity index (χ3v) is 1.05. The number of hydrogen-bond acceptors (Lipinski definition) is 1. The summed E-state index contributed by atoms with van der Waals surface area (Å²) in [6.45, 7) is 0. The lowest BCUT2D eigenvalue weighted by Gasteiger charge is -1.98. The van der Waals surface area contributed by atoms with Gasteiger partial charge in [0.2, 0.25) is 0 Å². The maximum absolute atomic E-state index is 10.0. The minimum Gasteiger partial charge on any atom is -0.271 e. The highest BCUT2D eigenvalue weighted by Gasteiger charge is 1.98. The average molecular weight is 146 g/mol. The fourth-order valence-electron chi connectivity index (χ4n) is 0. The lowest BCUT2D eigenvalue weighted by molar-refractivity contribution is 0.571. The first kappa shape index (κ1) is 10.4. The Hall–Kier alpha value is 0.400. The topological polar surface area (TPSA) is 81.1 Å². The summed E-state index contributed by atoms with van der Waals surface area (Å²) in [5.41, 5.74) is 9.51. The summed E-state index contributed by atoms with van der Waals surface area (Å²) < 4.78 is 10.0. The van der Waals surface area contributed by atoms with Crippen molar-refractivity contribution in [2.75, 3.05) is 7.05 Å². The monoisotopic (exact) mass is 145 g/mol. The molecule has 7 heavy (non-hydrogen) atoms. The summed E-state index contributed by atoms with van der Waals surface area (Å²) in [6.07, 6.45) is 0. The molecule has 0 aromatic rings. The Bertz CT molecular complexity index is 79.0. The fraction of sp³-hybridized carbons (Fsp3) is 1.00. The maximum Gasteiger partial charge on any atom is 0.273 e. The molecule has 0 aliphatic rings. The van der Waals surface area contributed by atoms with Crippen LogP contribution < -0.4 is 16.1 Å². The Kier molecular flexibility index (Phi) is 5.06.